The van der Waals surface area contributed by atoms with E-state index in [2.05, 4.69) is 27.7 Å². The van der Waals surface area contributed by atoms with Crippen molar-refractivity contribution in [2.24, 2.45) is 35.0 Å². The summed E-state index contributed by atoms with van der Waals surface area (Å²) in [7, 11) is 0. The Labute approximate surface area is 94.8 Å². The molecule has 0 aliphatic rings. The van der Waals surface area contributed by atoms with E-state index < -0.39 is 0 Å². The van der Waals surface area contributed by atoms with E-state index in [9.17, 15) is 0 Å². The van der Waals surface area contributed by atoms with Crippen LogP contribution in [0.4, 0.5) is 0 Å². The quantitative estimate of drug-likeness (QED) is 0.599. The van der Waals surface area contributed by atoms with Crippen LogP contribution >= 0.6 is 0 Å². The Morgan fingerprint density at radius 2 is 1.53 bits per heavy atom. The Kier molecular flexibility index (Phi) is 7.14. The minimum Gasteiger partial charge on any atom is -0.330 e. The maximum absolute atomic E-state index is 6.21. The maximum Gasteiger partial charge on any atom is 0.0106 e. The van der Waals surface area contributed by atoms with Crippen molar-refractivity contribution in [3.05, 3.63) is 0 Å². The van der Waals surface area contributed by atoms with Gasteiger partial charge < -0.3 is 17.2 Å². The normalized spacial score (nSPS) is 18.2. The molecule has 0 aromatic heterocycles. The molecule has 0 radical (unpaired) electrons. The van der Waals surface area contributed by atoms with Crippen molar-refractivity contribution in [2.75, 3.05) is 6.54 Å². The molecule has 0 saturated carbocycles. The Morgan fingerprint density at radius 3 is 1.87 bits per heavy atom. The van der Waals surface area contributed by atoms with Gasteiger partial charge in [-0.15, -0.1) is 0 Å². The zero-order valence-electron chi connectivity index (χ0n) is 10.7. The molecule has 3 atom stereocenters. The molecule has 15 heavy (non-hydrogen) atoms. The first-order valence-electron chi connectivity index (χ1n) is 6.11. The van der Waals surface area contributed by atoms with E-state index in [1.807, 2.05) is 0 Å². The van der Waals surface area contributed by atoms with Gasteiger partial charge in [-0.3, -0.25) is 0 Å². The summed E-state index contributed by atoms with van der Waals surface area (Å²) < 4.78 is 0. The first-order valence-corrected chi connectivity index (χ1v) is 6.11. The summed E-state index contributed by atoms with van der Waals surface area (Å²) in [6.45, 7) is 9.37. The molecule has 3 nitrogen and oxygen atoms in total. The van der Waals surface area contributed by atoms with Gasteiger partial charge in [0.2, 0.25) is 0 Å². The fourth-order valence-corrected chi connectivity index (χ4v) is 2.10. The minimum atomic E-state index is 0.169. The summed E-state index contributed by atoms with van der Waals surface area (Å²) in [5, 5.41) is 0. The fourth-order valence-electron chi connectivity index (χ4n) is 2.10. The Balaban J connectivity index is 4.35. The lowest BCUT2D eigenvalue weighted by molar-refractivity contribution is 0.257. The van der Waals surface area contributed by atoms with Gasteiger partial charge in [0.1, 0.15) is 0 Å². The van der Waals surface area contributed by atoms with Crippen molar-refractivity contribution in [3.8, 4) is 0 Å². The Hall–Kier alpha value is -0.120. The SMILES string of the molecule is CC(C)CC(N)C(CCN)C(N)C(C)C. The van der Waals surface area contributed by atoms with Gasteiger partial charge in [0, 0.05) is 12.1 Å². The predicted molar refractivity (Wildman–Crippen MR) is 67.4 cm³/mol. The average molecular weight is 215 g/mol. The van der Waals surface area contributed by atoms with Gasteiger partial charge in [-0.05, 0) is 37.1 Å². The fraction of sp³-hybridized carbons (Fsp3) is 1.00. The molecule has 0 aliphatic heterocycles. The summed E-state index contributed by atoms with van der Waals surface area (Å²) in [6, 6.07) is 0.355. The summed E-state index contributed by atoms with van der Waals surface area (Å²) in [4.78, 5) is 0. The van der Waals surface area contributed by atoms with Gasteiger partial charge in [0.05, 0.1) is 0 Å². The van der Waals surface area contributed by atoms with Crippen LogP contribution < -0.4 is 17.2 Å². The molecule has 0 aliphatic carbocycles. The second kappa shape index (κ2) is 7.20. The number of hydrogen-bond acceptors (Lipinski definition) is 3. The Bertz CT molecular complexity index is 157. The molecule has 3 unspecified atom stereocenters. The molecule has 0 amide bonds. The summed E-state index contributed by atoms with van der Waals surface area (Å²) in [5.74, 6) is 1.46. The van der Waals surface area contributed by atoms with E-state index in [1.54, 1.807) is 0 Å². The summed E-state index contributed by atoms with van der Waals surface area (Å²) in [6.07, 6.45) is 1.97. The van der Waals surface area contributed by atoms with Gasteiger partial charge in [0.15, 0.2) is 0 Å². The Morgan fingerprint density at radius 1 is 1.00 bits per heavy atom. The molecule has 0 spiro atoms. The lowest BCUT2D eigenvalue weighted by Crippen LogP contribution is -2.46. The molecule has 0 aromatic carbocycles. The highest BCUT2D eigenvalue weighted by Crippen LogP contribution is 2.21. The largest absolute Gasteiger partial charge is 0.330 e. The maximum atomic E-state index is 6.21. The second-order valence-electron chi connectivity index (χ2n) is 5.36. The molecule has 0 bridgehead atoms. The molecule has 6 N–H and O–H groups in total. The van der Waals surface area contributed by atoms with Crippen LogP contribution in [-0.2, 0) is 0 Å². The molecule has 0 saturated heterocycles. The van der Waals surface area contributed by atoms with Crippen molar-refractivity contribution in [1.82, 2.24) is 0 Å². The van der Waals surface area contributed by atoms with Crippen LogP contribution in [0, 0.1) is 17.8 Å². The van der Waals surface area contributed by atoms with E-state index in [1.165, 1.54) is 0 Å². The lowest BCUT2D eigenvalue weighted by atomic mass is 9.81. The third-order valence-electron chi connectivity index (χ3n) is 3.06. The van der Waals surface area contributed by atoms with Gasteiger partial charge >= 0.3 is 0 Å². The molecular formula is C12H29N3. The third-order valence-corrected chi connectivity index (χ3v) is 3.06. The second-order valence-corrected chi connectivity index (χ2v) is 5.36. The number of hydrogen-bond donors (Lipinski definition) is 3. The highest BCUT2D eigenvalue weighted by atomic mass is 14.7. The van der Waals surface area contributed by atoms with Crippen molar-refractivity contribution in [2.45, 2.75) is 52.6 Å². The monoisotopic (exact) mass is 215 g/mol. The van der Waals surface area contributed by atoms with Gasteiger partial charge in [0.25, 0.3) is 0 Å². The minimum absolute atomic E-state index is 0.169. The van der Waals surface area contributed by atoms with Gasteiger partial charge in [-0.2, -0.15) is 0 Å². The number of nitrogens with two attached hydrogens (primary N) is 3. The van der Waals surface area contributed by atoms with E-state index in [4.69, 9.17) is 17.2 Å². The van der Waals surface area contributed by atoms with Crippen LogP contribution in [0.1, 0.15) is 40.5 Å². The topological polar surface area (TPSA) is 78.1 Å². The van der Waals surface area contributed by atoms with Crippen molar-refractivity contribution < 1.29 is 0 Å². The van der Waals surface area contributed by atoms with Crippen LogP contribution in [0.3, 0.4) is 0 Å². The van der Waals surface area contributed by atoms with Crippen LogP contribution in [-0.4, -0.2) is 18.6 Å². The molecule has 0 fully saturated rings. The highest BCUT2D eigenvalue weighted by Gasteiger charge is 2.26. The van der Waals surface area contributed by atoms with E-state index >= 15 is 0 Å². The first-order chi connectivity index (χ1) is 6.90. The van der Waals surface area contributed by atoms with Crippen LogP contribution in [0.5, 0.6) is 0 Å². The van der Waals surface area contributed by atoms with Gasteiger partial charge in [-0.25, -0.2) is 0 Å². The zero-order chi connectivity index (χ0) is 12.0. The van der Waals surface area contributed by atoms with Crippen molar-refractivity contribution >= 4 is 0 Å². The summed E-state index contributed by atoms with van der Waals surface area (Å²) >= 11 is 0. The van der Waals surface area contributed by atoms with Crippen LogP contribution in [0.15, 0.2) is 0 Å². The molecule has 92 valence electrons. The van der Waals surface area contributed by atoms with Crippen LogP contribution in [0.25, 0.3) is 0 Å². The lowest BCUT2D eigenvalue weighted by Gasteiger charge is -2.32. The first kappa shape index (κ1) is 14.9. The van der Waals surface area contributed by atoms with Crippen molar-refractivity contribution in [3.63, 3.8) is 0 Å². The third kappa shape index (κ3) is 5.50. The van der Waals surface area contributed by atoms with Gasteiger partial charge in [-0.1, -0.05) is 27.7 Å². The standard InChI is InChI=1S/C12H29N3/c1-8(2)7-11(14)10(5-6-13)12(15)9(3)4/h8-12H,5-7,13-15H2,1-4H3. The molecule has 0 heterocycles. The molecular weight excluding hydrogens is 186 g/mol. The van der Waals surface area contributed by atoms with E-state index in [0.29, 0.717) is 24.3 Å². The summed E-state index contributed by atoms with van der Waals surface area (Å²) in [5.41, 5.74) is 18.0. The van der Waals surface area contributed by atoms with E-state index in [-0.39, 0.29) is 12.1 Å². The van der Waals surface area contributed by atoms with Crippen molar-refractivity contribution in [1.29, 1.82) is 0 Å². The zero-order valence-corrected chi connectivity index (χ0v) is 10.7. The molecule has 0 rings (SSSR count). The highest BCUT2D eigenvalue weighted by molar-refractivity contribution is 4.84. The predicted octanol–water partition coefficient (Wildman–Crippen LogP) is 1.31. The molecule has 3 heteroatoms. The van der Waals surface area contributed by atoms with Crippen LogP contribution in [0.2, 0.25) is 0 Å². The number of rotatable bonds is 7. The average Bonchev–Trinajstić information content (AvgIpc) is 2.11. The van der Waals surface area contributed by atoms with E-state index in [0.717, 1.165) is 12.8 Å². The smallest absolute Gasteiger partial charge is 0.0106 e. The molecule has 0 aromatic rings.